The van der Waals surface area contributed by atoms with E-state index in [-0.39, 0.29) is 0 Å². The van der Waals surface area contributed by atoms with Gasteiger partial charge in [-0.25, -0.2) is 15.0 Å². The number of pyridine rings is 1. The molecule has 0 N–H and O–H groups in total. The van der Waals surface area contributed by atoms with Gasteiger partial charge in [0.05, 0.1) is 0 Å². The molecule has 3 aromatic rings. The lowest BCUT2D eigenvalue weighted by atomic mass is 10.3. The highest BCUT2D eigenvalue weighted by molar-refractivity contribution is 5.70. The van der Waals surface area contributed by atoms with Gasteiger partial charge < -0.3 is 0 Å². The maximum atomic E-state index is 4.51. The number of hydrogen-bond donors (Lipinski definition) is 0. The standard InChI is InChI=1S/C13H13N5/c1-2-3-11-15-8-9-18(11)12-5-4-10-13(17-12)16-7-6-14-10/h4-9H,2-3H2,1H3. The highest BCUT2D eigenvalue weighted by atomic mass is 15.1. The fourth-order valence-corrected chi connectivity index (χ4v) is 1.93. The van der Waals surface area contributed by atoms with Crippen molar-refractivity contribution in [2.45, 2.75) is 19.8 Å². The van der Waals surface area contributed by atoms with Crippen molar-refractivity contribution in [1.29, 1.82) is 0 Å². The molecule has 0 bridgehead atoms. The van der Waals surface area contributed by atoms with Crippen LogP contribution in [0.4, 0.5) is 0 Å². The smallest absolute Gasteiger partial charge is 0.180 e. The minimum atomic E-state index is 0.658. The van der Waals surface area contributed by atoms with Gasteiger partial charge in [0.2, 0.25) is 0 Å². The van der Waals surface area contributed by atoms with E-state index in [2.05, 4.69) is 26.9 Å². The molecule has 0 aliphatic carbocycles. The van der Waals surface area contributed by atoms with Gasteiger partial charge in [-0.2, -0.15) is 0 Å². The third-order valence-electron chi connectivity index (χ3n) is 2.75. The largest absolute Gasteiger partial charge is 0.288 e. The Morgan fingerprint density at radius 1 is 1.06 bits per heavy atom. The molecular weight excluding hydrogens is 226 g/mol. The van der Waals surface area contributed by atoms with Crippen LogP contribution in [0.1, 0.15) is 19.2 Å². The average molecular weight is 239 g/mol. The first kappa shape index (κ1) is 10.8. The number of rotatable bonds is 3. The summed E-state index contributed by atoms with van der Waals surface area (Å²) in [5.41, 5.74) is 1.46. The lowest BCUT2D eigenvalue weighted by molar-refractivity contribution is 0.799. The number of hydrogen-bond acceptors (Lipinski definition) is 4. The van der Waals surface area contributed by atoms with Crippen molar-refractivity contribution in [2.24, 2.45) is 0 Å². The third-order valence-corrected chi connectivity index (χ3v) is 2.75. The second-order valence-corrected chi connectivity index (χ2v) is 4.03. The van der Waals surface area contributed by atoms with E-state index in [1.54, 1.807) is 18.6 Å². The first-order valence-corrected chi connectivity index (χ1v) is 5.99. The zero-order valence-corrected chi connectivity index (χ0v) is 10.1. The molecule has 3 aromatic heterocycles. The number of imidazole rings is 1. The first-order valence-electron chi connectivity index (χ1n) is 5.99. The van der Waals surface area contributed by atoms with Crippen LogP contribution in [-0.2, 0) is 6.42 Å². The predicted octanol–water partition coefficient (Wildman–Crippen LogP) is 2.16. The Balaban J connectivity index is 2.10. The minimum absolute atomic E-state index is 0.658. The minimum Gasteiger partial charge on any atom is -0.288 e. The Hall–Kier alpha value is -2.30. The summed E-state index contributed by atoms with van der Waals surface area (Å²) < 4.78 is 2.00. The van der Waals surface area contributed by atoms with E-state index in [1.165, 1.54) is 0 Å². The molecule has 90 valence electrons. The van der Waals surface area contributed by atoms with Gasteiger partial charge in [0.15, 0.2) is 5.65 Å². The quantitative estimate of drug-likeness (QED) is 0.702. The van der Waals surface area contributed by atoms with E-state index in [0.717, 1.165) is 30.0 Å². The van der Waals surface area contributed by atoms with E-state index >= 15 is 0 Å². The summed E-state index contributed by atoms with van der Waals surface area (Å²) in [6.45, 7) is 2.14. The van der Waals surface area contributed by atoms with Crippen molar-refractivity contribution in [3.63, 3.8) is 0 Å². The molecule has 3 heterocycles. The van der Waals surface area contributed by atoms with Crippen LogP contribution in [0.5, 0.6) is 0 Å². The van der Waals surface area contributed by atoms with Gasteiger partial charge in [-0.05, 0) is 18.6 Å². The van der Waals surface area contributed by atoms with E-state index in [1.807, 2.05) is 22.9 Å². The summed E-state index contributed by atoms with van der Waals surface area (Å²) in [6.07, 6.45) is 9.05. The number of nitrogens with zero attached hydrogens (tertiary/aromatic N) is 5. The zero-order chi connectivity index (χ0) is 12.4. The number of aromatic nitrogens is 5. The fourth-order valence-electron chi connectivity index (χ4n) is 1.93. The van der Waals surface area contributed by atoms with Crippen LogP contribution in [0.3, 0.4) is 0 Å². The summed E-state index contributed by atoms with van der Waals surface area (Å²) in [7, 11) is 0. The van der Waals surface area contributed by atoms with Crippen LogP contribution in [0, 0.1) is 0 Å². The van der Waals surface area contributed by atoms with E-state index in [0.29, 0.717) is 5.65 Å². The van der Waals surface area contributed by atoms with Crippen molar-refractivity contribution in [1.82, 2.24) is 24.5 Å². The van der Waals surface area contributed by atoms with Crippen LogP contribution in [0.25, 0.3) is 17.0 Å². The van der Waals surface area contributed by atoms with Gasteiger partial charge in [-0.15, -0.1) is 0 Å². The van der Waals surface area contributed by atoms with Gasteiger partial charge in [0.25, 0.3) is 0 Å². The molecule has 0 saturated carbocycles. The van der Waals surface area contributed by atoms with Crippen LogP contribution < -0.4 is 0 Å². The van der Waals surface area contributed by atoms with Gasteiger partial charge >= 0.3 is 0 Å². The Bertz CT molecular complexity index is 674. The number of aryl methyl sites for hydroxylation is 1. The van der Waals surface area contributed by atoms with Crippen LogP contribution in [0.2, 0.25) is 0 Å². The SMILES string of the molecule is CCCc1nccn1-c1ccc2nccnc2n1. The van der Waals surface area contributed by atoms with Crippen molar-refractivity contribution in [3.05, 3.63) is 42.7 Å². The summed E-state index contributed by atoms with van der Waals surface area (Å²) in [6, 6.07) is 3.87. The molecule has 0 aliphatic heterocycles. The molecular formula is C13H13N5. The molecule has 5 nitrogen and oxygen atoms in total. The number of fused-ring (bicyclic) bond motifs is 1. The molecule has 0 radical (unpaired) electrons. The molecule has 0 aromatic carbocycles. The molecule has 0 fully saturated rings. The lowest BCUT2D eigenvalue weighted by Gasteiger charge is -2.06. The van der Waals surface area contributed by atoms with Gasteiger partial charge in [0, 0.05) is 31.2 Å². The Labute approximate surface area is 105 Å². The molecule has 5 heteroatoms. The lowest BCUT2D eigenvalue weighted by Crippen LogP contribution is -2.03. The molecule has 3 rings (SSSR count). The monoisotopic (exact) mass is 239 g/mol. The Morgan fingerprint density at radius 2 is 1.94 bits per heavy atom. The summed E-state index contributed by atoms with van der Waals surface area (Å²) in [5.74, 6) is 1.86. The third kappa shape index (κ3) is 1.84. The second-order valence-electron chi connectivity index (χ2n) is 4.03. The van der Waals surface area contributed by atoms with Crippen molar-refractivity contribution < 1.29 is 0 Å². The van der Waals surface area contributed by atoms with Crippen LogP contribution >= 0.6 is 0 Å². The van der Waals surface area contributed by atoms with Crippen LogP contribution in [-0.4, -0.2) is 24.5 Å². The summed E-state index contributed by atoms with van der Waals surface area (Å²) >= 11 is 0. The van der Waals surface area contributed by atoms with E-state index in [4.69, 9.17) is 0 Å². The normalized spacial score (nSPS) is 10.9. The predicted molar refractivity (Wildman–Crippen MR) is 68.5 cm³/mol. The molecule has 0 aliphatic rings. The molecule has 0 saturated heterocycles. The Morgan fingerprint density at radius 3 is 2.83 bits per heavy atom. The Kier molecular flexibility index (Phi) is 2.72. The summed E-state index contributed by atoms with van der Waals surface area (Å²) in [4.78, 5) is 17.3. The van der Waals surface area contributed by atoms with Crippen molar-refractivity contribution in [3.8, 4) is 5.82 Å². The molecule has 18 heavy (non-hydrogen) atoms. The van der Waals surface area contributed by atoms with Crippen LogP contribution in [0.15, 0.2) is 36.9 Å². The zero-order valence-electron chi connectivity index (χ0n) is 10.1. The summed E-state index contributed by atoms with van der Waals surface area (Å²) in [5, 5.41) is 0. The molecule has 0 unspecified atom stereocenters. The first-order chi connectivity index (χ1) is 8.88. The maximum Gasteiger partial charge on any atom is 0.180 e. The topological polar surface area (TPSA) is 56.5 Å². The maximum absolute atomic E-state index is 4.51. The van der Waals surface area contributed by atoms with Gasteiger partial charge in [-0.1, -0.05) is 6.92 Å². The van der Waals surface area contributed by atoms with E-state index in [9.17, 15) is 0 Å². The highest BCUT2D eigenvalue weighted by Gasteiger charge is 2.06. The van der Waals surface area contributed by atoms with Crippen molar-refractivity contribution >= 4 is 11.2 Å². The van der Waals surface area contributed by atoms with Gasteiger partial charge in [0.1, 0.15) is 17.2 Å². The van der Waals surface area contributed by atoms with Crippen molar-refractivity contribution in [2.75, 3.05) is 0 Å². The fraction of sp³-hybridized carbons (Fsp3) is 0.231. The molecule has 0 amide bonds. The van der Waals surface area contributed by atoms with E-state index < -0.39 is 0 Å². The van der Waals surface area contributed by atoms with Gasteiger partial charge in [-0.3, -0.25) is 9.55 Å². The highest BCUT2D eigenvalue weighted by Crippen LogP contribution is 2.13. The molecule has 0 spiro atoms. The average Bonchev–Trinajstić information content (AvgIpc) is 2.87. The molecule has 0 atom stereocenters. The second kappa shape index (κ2) is 4.52.